The highest BCUT2D eigenvalue weighted by Gasteiger charge is 2.13. The summed E-state index contributed by atoms with van der Waals surface area (Å²) < 4.78 is 5.41. The van der Waals surface area contributed by atoms with Crippen LogP contribution >= 0.6 is 23.2 Å². The number of benzene rings is 2. The Morgan fingerprint density at radius 1 is 1.18 bits per heavy atom. The number of carbonyl (C=O) groups excluding carboxylic acids is 1. The number of hydrogen-bond donors (Lipinski definition) is 2. The number of hydrogen-bond acceptors (Lipinski definition) is 4. The summed E-state index contributed by atoms with van der Waals surface area (Å²) in [5.41, 5.74) is 5.54. The minimum absolute atomic E-state index is 0.268. The van der Waals surface area contributed by atoms with Crippen molar-refractivity contribution in [1.82, 2.24) is 15.6 Å². The van der Waals surface area contributed by atoms with E-state index in [1.807, 2.05) is 38.1 Å². The van der Waals surface area contributed by atoms with Crippen molar-refractivity contribution in [3.8, 4) is 17.0 Å². The van der Waals surface area contributed by atoms with Crippen LogP contribution in [0.3, 0.4) is 0 Å². The average Bonchev–Trinajstić information content (AvgIpc) is 3.16. The van der Waals surface area contributed by atoms with Crippen LogP contribution in [0, 0.1) is 0 Å². The highest BCUT2D eigenvalue weighted by molar-refractivity contribution is 6.36. The monoisotopic (exact) mass is 416 g/mol. The zero-order chi connectivity index (χ0) is 20.1. The molecular formula is C20H18Cl2N4O2. The van der Waals surface area contributed by atoms with Gasteiger partial charge in [-0.2, -0.15) is 10.2 Å². The van der Waals surface area contributed by atoms with Crippen molar-refractivity contribution in [3.05, 3.63) is 69.8 Å². The standard InChI is InChI=1S/C20H18Cl2N4O2/c1-3-28-15-7-4-13(5-8-15)12(2)23-26-20(27)19-11-18(24-25-19)16-9-6-14(21)10-17(16)22/h4-11H,3H2,1-2H3,(H,24,25)(H,26,27)/b23-12-. The number of amides is 1. The Hall–Kier alpha value is -2.83. The van der Waals surface area contributed by atoms with Gasteiger partial charge in [-0.05, 0) is 67.9 Å². The molecule has 28 heavy (non-hydrogen) atoms. The molecule has 0 aliphatic rings. The smallest absolute Gasteiger partial charge is 0.289 e. The molecule has 2 N–H and O–H groups in total. The largest absolute Gasteiger partial charge is 0.494 e. The van der Waals surface area contributed by atoms with Gasteiger partial charge in [0.2, 0.25) is 0 Å². The third kappa shape index (κ3) is 4.71. The first-order valence-electron chi connectivity index (χ1n) is 8.56. The van der Waals surface area contributed by atoms with Gasteiger partial charge in [-0.1, -0.05) is 23.2 Å². The molecule has 0 saturated heterocycles. The SMILES string of the molecule is CCOc1ccc(/C(C)=N\NC(=O)c2cc(-c3ccc(Cl)cc3Cl)n[nH]2)cc1. The maximum Gasteiger partial charge on any atom is 0.289 e. The molecular weight excluding hydrogens is 399 g/mol. The van der Waals surface area contributed by atoms with Gasteiger partial charge in [-0.25, -0.2) is 5.43 Å². The minimum atomic E-state index is -0.408. The first-order chi connectivity index (χ1) is 13.5. The van der Waals surface area contributed by atoms with Crippen LogP contribution in [0.25, 0.3) is 11.3 Å². The number of rotatable bonds is 6. The second-order valence-electron chi connectivity index (χ2n) is 5.89. The normalized spacial score (nSPS) is 11.4. The molecule has 0 fully saturated rings. The van der Waals surface area contributed by atoms with Gasteiger partial charge in [-0.3, -0.25) is 9.89 Å². The maximum absolute atomic E-state index is 12.3. The van der Waals surface area contributed by atoms with E-state index in [2.05, 4.69) is 20.7 Å². The molecule has 1 aromatic heterocycles. The fourth-order valence-corrected chi connectivity index (χ4v) is 3.00. The van der Waals surface area contributed by atoms with Gasteiger partial charge in [0.15, 0.2) is 0 Å². The van der Waals surface area contributed by atoms with Crippen molar-refractivity contribution in [2.24, 2.45) is 5.10 Å². The number of carbonyl (C=O) groups is 1. The topological polar surface area (TPSA) is 79.4 Å². The molecule has 144 valence electrons. The highest BCUT2D eigenvalue weighted by Crippen LogP contribution is 2.29. The summed E-state index contributed by atoms with van der Waals surface area (Å²) in [5.74, 6) is 0.378. The lowest BCUT2D eigenvalue weighted by molar-refractivity contribution is 0.0950. The number of aromatic amines is 1. The van der Waals surface area contributed by atoms with Crippen molar-refractivity contribution < 1.29 is 9.53 Å². The summed E-state index contributed by atoms with van der Waals surface area (Å²) >= 11 is 12.1. The molecule has 0 atom stereocenters. The molecule has 2 aromatic carbocycles. The lowest BCUT2D eigenvalue weighted by Crippen LogP contribution is -2.19. The third-order valence-corrected chi connectivity index (χ3v) is 4.49. The number of H-pyrrole nitrogens is 1. The van der Waals surface area contributed by atoms with E-state index in [1.54, 1.807) is 24.3 Å². The Morgan fingerprint density at radius 3 is 2.61 bits per heavy atom. The molecule has 0 unspecified atom stereocenters. The van der Waals surface area contributed by atoms with Crippen LogP contribution < -0.4 is 10.2 Å². The Bertz CT molecular complexity index is 1010. The van der Waals surface area contributed by atoms with Crippen molar-refractivity contribution in [2.45, 2.75) is 13.8 Å². The number of aromatic nitrogens is 2. The molecule has 1 amide bonds. The second kappa shape index (κ2) is 8.91. The van der Waals surface area contributed by atoms with Crippen LogP contribution in [-0.4, -0.2) is 28.4 Å². The van der Waals surface area contributed by atoms with E-state index in [1.165, 1.54) is 0 Å². The Morgan fingerprint density at radius 2 is 1.93 bits per heavy atom. The van der Waals surface area contributed by atoms with Gasteiger partial charge >= 0.3 is 0 Å². The van der Waals surface area contributed by atoms with E-state index in [4.69, 9.17) is 27.9 Å². The van der Waals surface area contributed by atoms with Gasteiger partial charge in [0, 0.05) is 10.6 Å². The molecule has 0 bridgehead atoms. The van der Waals surface area contributed by atoms with Crippen LogP contribution in [0.15, 0.2) is 53.6 Å². The molecule has 1 heterocycles. The number of nitrogens with zero attached hydrogens (tertiary/aromatic N) is 2. The van der Waals surface area contributed by atoms with Crippen molar-refractivity contribution in [2.75, 3.05) is 6.61 Å². The first kappa shape index (κ1) is 19.9. The van der Waals surface area contributed by atoms with E-state index in [0.29, 0.717) is 33.6 Å². The van der Waals surface area contributed by atoms with E-state index < -0.39 is 5.91 Å². The Kier molecular flexibility index (Phi) is 6.34. The summed E-state index contributed by atoms with van der Waals surface area (Å²) in [7, 11) is 0. The zero-order valence-electron chi connectivity index (χ0n) is 15.3. The predicted molar refractivity (Wildman–Crippen MR) is 111 cm³/mol. The molecule has 6 nitrogen and oxygen atoms in total. The summed E-state index contributed by atoms with van der Waals surface area (Å²) in [6, 6.07) is 14.2. The first-order valence-corrected chi connectivity index (χ1v) is 9.32. The van der Waals surface area contributed by atoms with Crippen molar-refractivity contribution in [3.63, 3.8) is 0 Å². The molecule has 0 aliphatic heterocycles. The average molecular weight is 417 g/mol. The van der Waals surface area contributed by atoms with Crippen LogP contribution in [0.5, 0.6) is 5.75 Å². The highest BCUT2D eigenvalue weighted by atomic mass is 35.5. The number of nitrogens with one attached hydrogen (secondary N) is 2. The van der Waals surface area contributed by atoms with Crippen LogP contribution in [0.1, 0.15) is 29.9 Å². The van der Waals surface area contributed by atoms with E-state index >= 15 is 0 Å². The molecule has 0 spiro atoms. The minimum Gasteiger partial charge on any atom is -0.494 e. The maximum atomic E-state index is 12.3. The Balaban J connectivity index is 1.69. The summed E-state index contributed by atoms with van der Waals surface area (Å²) in [5, 5.41) is 12.0. The van der Waals surface area contributed by atoms with Gasteiger partial charge < -0.3 is 4.74 Å². The zero-order valence-corrected chi connectivity index (χ0v) is 16.8. The summed E-state index contributed by atoms with van der Waals surface area (Å²) in [6.07, 6.45) is 0. The predicted octanol–water partition coefficient (Wildman–Crippen LogP) is 4.94. The second-order valence-corrected chi connectivity index (χ2v) is 6.73. The molecule has 8 heteroatoms. The molecule has 3 rings (SSSR count). The molecule has 3 aromatic rings. The van der Waals surface area contributed by atoms with Crippen LogP contribution in [0.4, 0.5) is 0 Å². The lowest BCUT2D eigenvalue weighted by atomic mass is 10.1. The van der Waals surface area contributed by atoms with E-state index in [9.17, 15) is 4.79 Å². The number of halogens is 2. The van der Waals surface area contributed by atoms with E-state index in [0.717, 1.165) is 11.3 Å². The fourth-order valence-electron chi connectivity index (χ4n) is 2.49. The molecule has 0 saturated carbocycles. The lowest BCUT2D eigenvalue weighted by Gasteiger charge is -2.05. The van der Waals surface area contributed by atoms with Crippen LogP contribution in [-0.2, 0) is 0 Å². The number of hydrazone groups is 1. The van der Waals surface area contributed by atoms with Gasteiger partial charge in [0.1, 0.15) is 11.4 Å². The summed E-state index contributed by atoms with van der Waals surface area (Å²) in [6.45, 7) is 4.34. The van der Waals surface area contributed by atoms with E-state index in [-0.39, 0.29) is 5.69 Å². The van der Waals surface area contributed by atoms with Crippen molar-refractivity contribution >= 4 is 34.8 Å². The molecule has 0 aliphatic carbocycles. The summed E-state index contributed by atoms with van der Waals surface area (Å²) in [4.78, 5) is 12.3. The fraction of sp³-hybridized carbons (Fsp3) is 0.150. The third-order valence-electron chi connectivity index (χ3n) is 3.94. The van der Waals surface area contributed by atoms with Gasteiger partial charge in [0.25, 0.3) is 5.91 Å². The quantitative estimate of drug-likeness (QED) is 0.441. The van der Waals surface area contributed by atoms with Crippen molar-refractivity contribution in [1.29, 1.82) is 0 Å². The number of ether oxygens (including phenoxy) is 1. The van der Waals surface area contributed by atoms with Gasteiger partial charge in [0.05, 0.1) is 23.0 Å². The molecule has 0 radical (unpaired) electrons. The Labute approximate surface area is 172 Å². The van der Waals surface area contributed by atoms with Crippen LogP contribution in [0.2, 0.25) is 10.0 Å². The van der Waals surface area contributed by atoms with Gasteiger partial charge in [-0.15, -0.1) is 0 Å².